The number of nitrogens with zero attached hydrogens (tertiary/aromatic N) is 3. The van der Waals surface area contributed by atoms with Gasteiger partial charge in [0.1, 0.15) is 18.4 Å². The van der Waals surface area contributed by atoms with Gasteiger partial charge < -0.3 is 24.6 Å². The molecule has 1 aliphatic rings. The fourth-order valence-corrected chi connectivity index (χ4v) is 5.17. The van der Waals surface area contributed by atoms with Crippen LogP contribution in [0.4, 0.5) is 10.2 Å². The molecule has 230 valence electrons. The first-order chi connectivity index (χ1) is 21.8. The van der Waals surface area contributed by atoms with Crippen molar-refractivity contribution < 1.29 is 33.3 Å². The summed E-state index contributed by atoms with van der Waals surface area (Å²) in [5.41, 5.74) is -1.14. The summed E-state index contributed by atoms with van der Waals surface area (Å²) in [5.74, 6) is -4.78. The van der Waals surface area contributed by atoms with E-state index in [1.807, 2.05) is 36.4 Å². The van der Waals surface area contributed by atoms with Gasteiger partial charge in [0.2, 0.25) is 5.60 Å². The van der Waals surface area contributed by atoms with Crippen molar-refractivity contribution in [2.45, 2.75) is 37.6 Å². The third kappa shape index (κ3) is 7.30. The summed E-state index contributed by atoms with van der Waals surface area (Å²) in [5, 5.41) is 22.6. The van der Waals surface area contributed by atoms with E-state index in [2.05, 4.69) is 16.4 Å². The Morgan fingerprint density at radius 1 is 1.00 bits per heavy atom. The highest BCUT2D eigenvalue weighted by atomic mass is 19.1. The normalized spacial score (nSPS) is 20.8. The average Bonchev–Trinajstić information content (AvgIpc) is 3.35. The molecule has 1 aliphatic heterocycles. The number of benzene rings is 3. The minimum Gasteiger partial charge on any atom is -0.481 e. The summed E-state index contributed by atoms with van der Waals surface area (Å²) in [4.78, 5) is 41.6. The molecule has 0 bridgehead atoms. The van der Waals surface area contributed by atoms with Gasteiger partial charge in [-0.25, -0.2) is 9.18 Å². The van der Waals surface area contributed by atoms with Crippen LogP contribution in [0.5, 0.6) is 0 Å². The van der Waals surface area contributed by atoms with Crippen molar-refractivity contribution in [3.05, 3.63) is 130 Å². The van der Waals surface area contributed by atoms with E-state index in [1.54, 1.807) is 42.5 Å². The highest BCUT2D eigenvalue weighted by molar-refractivity contribution is 6.03. The minimum atomic E-state index is -1.88. The van der Waals surface area contributed by atoms with Crippen molar-refractivity contribution in [2.24, 2.45) is 5.92 Å². The van der Waals surface area contributed by atoms with E-state index in [0.29, 0.717) is 0 Å². The van der Waals surface area contributed by atoms with Gasteiger partial charge >= 0.3 is 11.7 Å². The van der Waals surface area contributed by atoms with Crippen molar-refractivity contribution in [1.29, 1.82) is 5.26 Å². The number of aliphatic carboxylic acids is 1. The van der Waals surface area contributed by atoms with Crippen molar-refractivity contribution in [3.63, 3.8) is 0 Å². The number of halogens is 1. The second kappa shape index (κ2) is 14.0. The van der Waals surface area contributed by atoms with Crippen LogP contribution >= 0.6 is 0 Å². The zero-order valence-corrected chi connectivity index (χ0v) is 23.9. The fraction of sp³-hybridized carbons (Fsp3) is 0.242. The van der Waals surface area contributed by atoms with Crippen LogP contribution in [0.1, 0.15) is 34.1 Å². The molecule has 4 aromatic rings. The van der Waals surface area contributed by atoms with Gasteiger partial charge in [0.25, 0.3) is 5.91 Å². The Balaban J connectivity index is 1.48. The van der Waals surface area contributed by atoms with E-state index in [0.717, 1.165) is 21.9 Å². The molecule has 1 aromatic heterocycles. The number of amides is 1. The lowest BCUT2D eigenvalue weighted by Gasteiger charge is -2.29. The topological polar surface area (TPSA) is 153 Å². The number of carboxylic acids is 1. The number of hydrogen-bond acceptors (Lipinski definition) is 8. The van der Waals surface area contributed by atoms with E-state index in [1.165, 1.54) is 12.1 Å². The molecule has 1 saturated heterocycles. The third-order valence-electron chi connectivity index (χ3n) is 7.29. The van der Waals surface area contributed by atoms with Crippen LogP contribution in [-0.2, 0) is 32.2 Å². The number of rotatable bonds is 12. The van der Waals surface area contributed by atoms with Gasteiger partial charge in [0.15, 0.2) is 11.6 Å². The number of carboxylic acid groups (broad SMARTS) is 1. The molecule has 2 heterocycles. The number of carbonyl (C=O) groups is 2. The van der Waals surface area contributed by atoms with Crippen LogP contribution in [0.2, 0.25) is 0 Å². The van der Waals surface area contributed by atoms with Crippen molar-refractivity contribution in [1.82, 2.24) is 9.55 Å². The Hall–Kier alpha value is -5.22. The minimum absolute atomic E-state index is 0.00815. The van der Waals surface area contributed by atoms with Gasteiger partial charge in [0.05, 0.1) is 32.4 Å². The van der Waals surface area contributed by atoms with Crippen molar-refractivity contribution >= 4 is 17.7 Å². The van der Waals surface area contributed by atoms with Crippen LogP contribution in [0.3, 0.4) is 0 Å². The second-order valence-corrected chi connectivity index (χ2v) is 10.4. The summed E-state index contributed by atoms with van der Waals surface area (Å²) in [6, 6.07) is 28.2. The Morgan fingerprint density at radius 3 is 2.20 bits per heavy atom. The quantitative estimate of drug-likeness (QED) is 0.238. The molecule has 11 nitrogen and oxygen atoms in total. The van der Waals surface area contributed by atoms with Crippen LogP contribution in [0, 0.1) is 23.1 Å². The number of hydrogen-bond donors (Lipinski definition) is 2. The molecule has 1 fully saturated rings. The van der Waals surface area contributed by atoms with Gasteiger partial charge in [-0.05, 0) is 23.3 Å². The van der Waals surface area contributed by atoms with E-state index in [9.17, 15) is 24.8 Å². The first kappa shape index (κ1) is 31.2. The van der Waals surface area contributed by atoms with Crippen LogP contribution < -0.4 is 11.0 Å². The van der Waals surface area contributed by atoms with Gasteiger partial charge in [-0.1, -0.05) is 78.9 Å². The lowest BCUT2D eigenvalue weighted by Crippen LogP contribution is -2.46. The van der Waals surface area contributed by atoms with E-state index >= 15 is 4.39 Å². The SMILES string of the molecule is N#C[C@]1(COCc2ccccc2)O[C@@H](n2cc(F)c(NC(=O)c3ccccc3)nc2=O)[C@H](CC(=O)O)[C@@H]1OCc1ccccc1. The number of nitrogens with one attached hydrogen (secondary N) is 1. The largest absolute Gasteiger partial charge is 0.481 e. The third-order valence-corrected chi connectivity index (χ3v) is 7.29. The highest BCUT2D eigenvalue weighted by Crippen LogP contribution is 2.45. The number of ether oxygens (including phenoxy) is 3. The number of nitriles is 1. The molecule has 5 rings (SSSR count). The molecule has 12 heteroatoms. The van der Waals surface area contributed by atoms with E-state index in [4.69, 9.17) is 14.2 Å². The lowest BCUT2D eigenvalue weighted by molar-refractivity contribution is -0.140. The first-order valence-electron chi connectivity index (χ1n) is 14.0. The maximum absolute atomic E-state index is 15.4. The Labute approximate surface area is 257 Å². The standard InChI is InChI=1S/C33H29FN4O7/c34-26-17-38(32(42)37-29(26)36-30(41)24-14-8-3-9-15-24)31-25(16-27(39)40)28(44-19-23-12-6-2-7-13-23)33(20-35,45-31)21-43-18-22-10-4-1-5-11-22/h1-15,17,25,28,31H,16,18-19,21H2,(H,39,40)(H,36,37,41,42)/t25-,28+,31-,33-/m1/s1. The van der Waals surface area contributed by atoms with Gasteiger partial charge in [-0.3, -0.25) is 14.2 Å². The zero-order chi connectivity index (χ0) is 31.8. The number of anilines is 1. The van der Waals surface area contributed by atoms with E-state index < -0.39 is 59.5 Å². The Morgan fingerprint density at radius 2 is 1.60 bits per heavy atom. The van der Waals surface area contributed by atoms with Gasteiger partial charge in [-0.2, -0.15) is 10.2 Å². The molecule has 0 spiro atoms. The lowest BCUT2D eigenvalue weighted by atomic mass is 9.88. The zero-order valence-electron chi connectivity index (χ0n) is 23.9. The predicted molar refractivity (Wildman–Crippen MR) is 158 cm³/mol. The molecule has 3 aromatic carbocycles. The molecule has 1 amide bonds. The fourth-order valence-electron chi connectivity index (χ4n) is 5.17. The molecule has 0 unspecified atom stereocenters. The Kier molecular flexibility index (Phi) is 9.74. The summed E-state index contributed by atoms with van der Waals surface area (Å²) >= 11 is 0. The molecular weight excluding hydrogens is 583 g/mol. The van der Waals surface area contributed by atoms with Crippen LogP contribution in [0.25, 0.3) is 0 Å². The van der Waals surface area contributed by atoms with Crippen LogP contribution in [0.15, 0.2) is 102 Å². The molecule has 4 atom stereocenters. The van der Waals surface area contributed by atoms with Gasteiger partial charge in [0, 0.05) is 11.5 Å². The monoisotopic (exact) mass is 612 g/mol. The molecule has 2 N–H and O–H groups in total. The molecule has 0 saturated carbocycles. The molecule has 0 aliphatic carbocycles. The van der Waals surface area contributed by atoms with Crippen molar-refractivity contribution in [2.75, 3.05) is 11.9 Å². The summed E-state index contributed by atoms with van der Waals surface area (Å²) < 4.78 is 34.3. The smallest absolute Gasteiger partial charge is 0.351 e. The summed E-state index contributed by atoms with van der Waals surface area (Å²) in [7, 11) is 0. The average molecular weight is 613 g/mol. The Bertz CT molecular complexity index is 1730. The summed E-state index contributed by atoms with van der Waals surface area (Å²) in [6.45, 7) is -0.245. The maximum atomic E-state index is 15.4. The number of aromatic nitrogens is 2. The summed E-state index contributed by atoms with van der Waals surface area (Å²) in [6.07, 6.45) is -2.52. The second-order valence-electron chi connectivity index (χ2n) is 10.4. The maximum Gasteiger partial charge on any atom is 0.351 e. The molecular formula is C33H29FN4O7. The molecule has 0 radical (unpaired) electrons. The first-order valence-corrected chi connectivity index (χ1v) is 14.0. The van der Waals surface area contributed by atoms with Gasteiger partial charge in [-0.15, -0.1) is 0 Å². The van der Waals surface area contributed by atoms with E-state index in [-0.39, 0.29) is 25.4 Å². The molecule has 45 heavy (non-hydrogen) atoms. The van der Waals surface area contributed by atoms with Crippen LogP contribution in [-0.4, -0.2) is 44.8 Å². The number of carbonyl (C=O) groups excluding carboxylic acids is 1. The van der Waals surface area contributed by atoms with Crippen molar-refractivity contribution in [3.8, 4) is 6.07 Å². The highest BCUT2D eigenvalue weighted by Gasteiger charge is 2.58. The predicted octanol–water partition coefficient (Wildman–Crippen LogP) is 4.32.